The molecule has 0 fully saturated rings. The smallest absolute Gasteiger partial charge is 0.251 e. The minimum atomic E-state index is -3.83. The van der Waals surface area contributed by atoms with E-state index in [1.54, 1.807) is 24.3 Å². The van der Waals surface area contributed by atoms with E-state index in [9.17, 15) is 22.4 Å². The lowest BCUT2D eigenvalue weighted by Crippen LogP contribution is -2.50. The lowest BCUT2D eigenvalue weighted by Gasteiger charge is -2.18. The molecule has 0 bridgehead atoms. The van der Waals surface area contributed by atoms with Crippen molar-refractivity contribution >= 4 is 21.7 Å². The van der Waals surface area contributed by atoms with Gasteiger partial charge in [-0.15, -0.1) is 0 Å². The third-order valence-corrected chi connectivity index (χ3v) is 5.33. The summed E-state index contributed by atoms with van der Waals surface area (Å²) in [7, 11) is -3.83. The fourth-order valence-corrected chi connectivity index (χ4v) is 3.97. The maximum atomic E-state index is 13.0. The molecular formula is C19H18FN3O4S. The molecule has 0 heterocycles. The van der Waals surface area contributed by atoms with E-state index >= 15 is 0 Å². The van der Waals surface area contributed by atoms with Crippen molar-refractivity contribution in [1.29, 1.82) is 5.26 Å². The Morgan fingerprint density at radius 2 is 1.71 bits per heavy atom. The summed E-state index contributed by atoms with van der Waals surface area (Å²) in [4.78, 5) is 24.6. The monoisotopic (exact) mass is 403 g/mol. The van der Waals surface area contributed by atoms with Crippen LogP contribution in [0.4, 0.5) is 4.39 Å². The first-order valence-corrected chi connectivity index (χ1v) is 10.1. The molecule has 7 nitrogen and oxygen atoms in total. The van der Waals surface area contributed by atoms with E-state index in [2.05, 4.69) is 10.6 Å². The second kappa shape index (κ2) is 9.62. The van der Waals surface area contributed by atoms with Crippen molar-refractivity contribution in [2.75, 3.05) is 12.3 Å². The number of nitrogens with zero attached hydrogens (tertiary/aromatic N) is 1. The van der Waals surface area contributed by atoms with Crippen LogP contribution in [-0.4, -0.2) is 38.6 Å². The molecule has 146 valence electrons. The molecule has 2 amide bonds. The largest absolute Gasteiger partial charge is 0.341 e. The predicted molar refractivity (Wildman–Crippen MR) is 100 cm³/mol. The number of carbonyl (C=O) groups is 2. The molecule has 1 atom stereocenters. The van der Waals surface area contributed by atoms with Crippen LogP contribution in [-0.2, 0) is 20.4 Å². The molecule has 9 heteroatoms. The van der Waals surface area contributed by atoms with Gasteiger partial charge in [0.2, 0.25) is 5.91 Å². The van der Waals surface area contributed by atoms with Crippen molar-refractivity contribution in [3.63, 3.8) is 0 Å². The summed E-state index contributed by atoms with van der Waals surface area (Å²) in [5.74, 6) is -2.98. The summed E-state index contributed by atoms with van der Waals surface area (Å²) in [6.07, 6.45) is 0. The molecule has 0 saturated carbocycles. The minimum absolute atomic E-state index is 0.261. The number of hydrogen-bond donors (Lipinski definition) is 2. The van der Waals surface area contributed by atoms with Crippen molar-refractivity contribution in [3.05, 3.63) is 71.5 Å². The fourth-order valence-electron chi connectivity index (χ4n) is 2.41. The van der Waals surface area contributed by atoms with Gasteiger partial charge < -0.3 is 10.6 Å². The number of halogens is 1. The number of benzene rings is 2. The number of nitriles is 1. The van der Waals surface area contributed by atoms with Gasteiger partial charge in [-0.05, 0) is 29.8 Å². The van der Waals surface area contributed by atoms with Gasteiger partial charge in [0, 0.05) is 5.56 Å². The predicted octanol–water partition coefficient (Wildman–Crippen LogP) is 1.18. The molecule has 2 rings (SSSR count). The number of carbonyl (C=O) groups excluding carboxylic acids is 2. The zero-order valence-electron chi connectivity index (χ0n) is 14.8. The van der Waals surface area contributed by atoms with Gasteiger partial charge in [-0.3, -0.25) is 9.59 Å². The van der Waals surface area contributed by atoms with Gasteiger partial charge in [-0.1, -0.05) is 30.3 Å². The van der Waals surface area contributed by atoms with Gasteiger partial charge in [-0.2, -0.15) is 5.26 Å². The second-order valence-electron chi connectivity index (χ2n) is 5.95. The molecule has 0 saturated heterocycles. The van der Waals surface area contributed by atoms with Crippen molar-refractivity contribution in [3.8, 4) is 6.07 Å². The molecule has 0 radical (unpaired) electrons. The van der Waals surface area contributed by atoms with Gasteiger partial charge in [0.1, 0.15) is 18.4 Å². The maximum Gasteiger partial charge on any atom is 0.251 e. The van der Waals surface area contributed by atoms with Crippen LogP contribution in [0.5, 0.6) is 0 Å². The molecule has 0 aliphatic carbocycles. The lowest BCUT2D eigenvalue weighted by atomic mass is 10.2. The van der Waals surface area contributed by atoms with Crippen LogP contribution in [0.1, 0.15) is 15.9 Å². The van der Waals surface area contributed by atoms with E-state index in [1.165, 1.54) is 24.3 Å². The highest BCUT2D eigenvalue weighted by Crippen LogP contribution is 2.10. The van der Waals surface area contributed by atoms with E-state index in [1.807, 2.05) is 0 Å². The van der Waals surface area contributed by atoms with E-state index < -0.39 is 45.0 Å². The van der Waals surface area contributed by atoms with Gasteiger partial charge in [0.15, 0.2) is 9.84 Å². The molecule has 1 unspecified atom stereocenters. The molecule has 28 heavy (non-hydrogen) atoms. The number of nitrogens with one attached hydrogen (secondary N) is 2. The van der Waals surface area contributed by atoms with Gasteiger partial charge >= 0.3 is 0 Å². The van der Waals surface area contributed by atoms with Crippen LogP contribution in [0.2, 0.25) is 0 Å². The average Bonchev–Trinajstić information content (AvgIpc) is 2.67. The van der Waals surface area contributed by atoms with E-state index in [0.29, 0.717) is 5.56 Å². The third-order valence-electron chi connectivity index (χ3n) is 3.72. The first-order chi connectivity index (χ1) is 13.3. The maximum absolute atomic E-state index is 13.0. The Hall–Kier alpha value is -3.25. The average molecular weight is 403 g/mol. The normalized spacial score (nSPS) is 11.9. The molecule has 0 aliphatic rings. The molecular weight excluding hydrogens is 385 g/mol. The topological polar surface area (TPSA) is 116 Å². The Morgan fingerprint density at radius 1 is 1.07 bits per heavy atom. The van der Waals surface area contributed by atoms with Crippen molar-refractivity contribution < 1.29 is 22.4 Å². The summed E-state index contributed by atoms with van der Waals surface area (Å²) >= 11 is 0. The Balaban J connectivity index is 2.15. The molecule has 0 spiro atoms. The lowest BCUT2D eigenvalue weighted by molar-refractivity contribution is -0.122. The van der Waals surface area contributed by atoms with Crippen LogP contribution in [0, 0.1) is 17.1 Å². The highest BCUT2D eigenvalue weighted by atomic mass is 32.2. The van der Waals surface area contributed by atoms with Crippen LogP contribution < -0.4 is 10.6 Å². The standard InChI is InChI=1S/C19H18FN3O4S/c20-16-8-6-14(7-9-16)12-28(26,27)13-17(19(25)22-11-10-21)23-18(24)15-4-2-1-3-5-15/h1-9,17H,11-13H2,(H,22,25)(H,23,24). The van der Waals surface area contributed by atoms with E-state index in [4.69, 9.17) is 5.26 Å². The van der Waals surface area contributed by atoms with Gasteiger partial charge in [-0.25, -0.2) is 12.8 Å². The molecule has 0 aliphatic heterocycles. The summed E-state index contributed by atoms with van der Waals surface area (Å²) in [6, 6.07) is 13.3. The number of sulfone groups is 1. The highest BCUT2D eigenvalue weighted by molar-refractivity contribution is 7.90. The zero-order valence-corrected chi connectivity index (χ0v) is 15.6. The second-order valence-corrected chi connectivity index (χ2v) is 8.06. The highest BCUT2D eigenvalue weighted by Gasteiger charge is 2.27. The Morgan fingerprint density at radius 3 is 2.32 bits per heavy atom. The summed E-state index contributed by atoms with van der Waals surface area (Å²) in [6.45, 7) is -0.325. The number of rotatable bonds is 8. The zero-order chi connectivity index (χ0) is 20.6. The van der Waals surface area contributed by atoms with Crippen molar-refractivity contribution in [1.82, 2.24) is 10.6 Å². The fraction of sp³-hybridized carbons (Fsp3) is 0.211. The van der Waals surface area contributed by atoms with Crippen LogP contribution in [0.3, 0.4) is 0 Å². The first-order valence-electron chi connectivity index (χ1n) is 8.26. The van der Waals surface area contributed by atoms with Crippen molar-refractivity contribution in [2.45, 2.75) is 11.8 Å². The molecule has 2 N–H and O–H groups in total. The van der Waals surface area contributed by atoms with Gasteiger partial charge in [0.25, 0.3) is 5.91 Å². The Kier molecular flexibility index (Phi) is 7.23. The SMILES string of the molecule is N#CCNC(=O)C(CS(=O)(=O)Cc1ccc(F)cc1)NC(=O)c1ccccc1. The summed E-state index contributed by atoms with van der Waals surface area (Å²) in [5.41, 5.74) is 0.614. The summed E-state index contributed by atoms with van der Waals surface area (Å²) < 4.78 is 38.0. The van der Waals surface area contributed by atoms with E-state index in [-0.39, 0.29) is 12.1 Å². The van der Waals surface area contributed by atoms with Crippen LogP contribution in [0.15, 0.2) is 54.6 Å². The number of hydrogen-bond acceptors (Lipinski definition) is 5. The molecule has 0 aromatic heterocycles. The molecule has 2 aromatic carbocycles. The first kappa shape index (κ1) is 21.1. The van der Waals surface area contributed by atoms with E-state index in [0.717, 1.165) is 12.1 Å². The Labute approximate surface area is 162 Å². The van der Waals surface area contributed by atoms with Crippen LogP contribution >= 0.6 is 0 Å². The quantitative estimate of drug-likeness (QED) is 0.642. The molecule has 2 aromatic rings. The Bertz CT molecular complexity index is 970. The van der Waals surface area contributed by atoms with Gasteiger partial charge in [0.05, 0.1) is 17.6 Å². The third kappa shape index (κ3) is 6.48. The summed E-state index contributed by atoms with van der Waals surface area (Å²) in [5, 5.41) is 13.3. The van der Waals surface area contributed by atoms with Crippen molar-refractivity contribution in [2.24, 2.45) is 0 Å². The minimum Gasteiger partial charge on any atom is -0.341 e. The van der Waals surface area contributed by atoms with Crippen LogP contribution in [0.25, 0.3) is 0 Å². The number of amides is 2.